The number of H-pyrrole nitrogens is 1. The summed E-state index contributed by atoms with van der Waals surface area (Å²) in [7, 11) is 0. The van der Waals surface area contributed by atoms with Gasteiger partial charge in [0.1, 0.15) is 5.69 Å². The number of aromatic amines is 1. The van der Waals surface area contributed by atoms with Gasteiger partial charge in [-0.3, -0.25) is 5.10 Å². The van der Waals surface area contributed by atoms with E-state index in [1.165, 1.54) is 18.4 Å². The average molecular weight is 347 g/mol. The molecule has 2 aromatic rings. The molecule has 2 aliphatic carbocycles. The van der Waals surface area contributed by atoms with Gasteiger partial charge in [0, 0.05) is 12.1 Å². The van der Waals surface area contributed by atoms with Gasteiger partial charge in [-0.25, -0.2) is 9.97 Å². The van der Waals surface area contributed by atoms with E-state index in [0.29, 0.717) is 23.1 Å². The Kier molecular flexibility index (Phi) is 4.41. The molecule has 7 heteroatoms. The van der Waals surface area contributed by atoms with Crippen molar-refractivity contribution >= 4 is 17.5 Å². The van der Waals surface area contributed by atoms with Crippen molar-refractivity contribution in [2.24, 2.45) is 11.7 Å². The van der Waals surface area contributed by atoms with Crippen molar-refractivity contribution < 1.29 is 0 Å². The molecule has 2 fully saturated rings. The molecule has 2 saturated carbocycles. The molecular formula is C17H23ClN6. The van der Waals surface area contributed by atoms with Crippen molar-refractivity contribution in [2.75, 3.05) is 5.32 Å². The summed E-state index contributed by atoms with van der Waals surface area (Å²) in [5.74, 6) is 1.41. The van der Waals surface area contributed by atoms with Crippen molar-refractivity contribution in [3.05, 3.63) is 23.0 Å². The van der Waals surface area contributed by atoms with E-state index >= 15 is 0 Å². The van der Waals surface area contributed by atoms with Crippen molar-refractivity contribution in [3.63, 3.8) is 0 Å². The van der Waals surface area contributed by atoms with Gasteiger partial charge in [-0.05, 0) is 56.4 Å². The van der Waals surface area contributed by atoms with E-state index in [1.54, 1.807) is 6.20 Å². The third-order valence-corrected chi connectivity index (χ3v) is 5.29. The summed E-state index contributed by atoms with van der Waals surface area (Å²) in [6, 6.07) is 0.714. The molecule has 0 bridgehead atoms. The molecule has 0 spiro atoms. The number of halogens is 1. The lowest BCUT2D eigenvalue weighted by atomic mass is 9.92. The Hall–Kier alpha value is -1.66. The highest BCUT2D eigenvalue weighted by Gasteiger charge is 2.25. The first-order valence-electron chi connectivity index (χ1n) is 8.76. The molecule has 4 N–H and O–H groups in total. The molecule has 0 saturated heterocycles. The predicted molar refractivity (Wildman–Crippen MR) is 94.9 cm³/mol. The van der Waals surface area contributed by atoms with Crippen LogP contribution in [-0.2, 0) is 6.42 Å². The van der Waals surface area contributed by atoms with Crippen molar-refractivity contribution in [1.29, 1.82) is 0 Å². The normalized spacial score (nSPS) is 24.1. The van der Waals surface area contributed by atoms with Crippen LogP contribution in [0, 0.1) is 5.92 Å². The second-order valence-corrected chi connectivity index (χ2v) is 7.47. The number of hydrogen-bond donors (Lipinski definition) is 3. The second kappa shape index (κ2) is 6.69. The monoisotopic (exact) mass is 346 g/mol. The third kappa shape index (κ3) is 3.54. The fourth-order valence-electron chi connectivity index (χ4n) is 3.36. The Morgan fingerprint density at radius 1 is 1.17 bits per heavy atom. The number of anilines is 1. The Labute approximate surface area is 146 Å². The molecule has 0 amide bonds. The van der Waals surface area contributed by atoms with Crippen molar-refractivity contribution in [1.82, 2.24) is 20.2 Å². The van der Waals surface area contributed by atoms with Gasteiger partial charge >= 0.3 is 0 Å². The van der Waals surface area contributed by atoms with E-state index in [4.69, 9.17) is 17.3 Å². The van der Waals surface area contributed by atoms with Crippen LogP contribution in [0.3, 0.4) is 0 Å². The van der Waals surface area contributed by atoms with E-state index in [-0.39, 0.29) is 0 Å². The third-order valence-electron chi connectivity index (χ3n) is 5.01. The molecule has 0 radical (unpaired) electrons. The molecule has 0 atom stereocenters. The van der Waals surface area contributed by atoms with Gasteiger partial charge in [-0.1, -0.05) is 11.6 Å². The van der Waals surface area contributed by atoms with Crippen LogP contribution in [0.25, 0.3) is 11.4 Å². The van der Waals surface area contributed by atoms with E-state index in [1.807, 2.05) is 6.20 Å². The molecule has 6 nitrogen and oxygen atoms in total. The van der Waals surface area contributed by atoms with Crippen LogP contribution < -0.4 is 11.1 Å². The molecule has 0 unspecified atom stereocenters. The van der Waals surface area contributed by atoms with E-state index < -0.39 is 0 Å². The van der Waals surface area contributed by atoms with Crippen LogP contribution >= 0.6 is 11.6 Å². The SMILES string of the molecule is N[C@H]1CC[C@H](Nc2ncc(Cl)c(-c3[nH]ncc3CC3CC3)n2)CC1. The average Bonchev–Trinajstić information content (AvgIpc) is 3.28. The zero-order chi connectivity index (χ0) is 16.5. The number of hydrogen-bond acceptors (Lipinski definition) is 5. The Morgan fingerprint density at radius 2 is 1.96 bits per heavy atom. The molecule has 128 valence electrons. The molecular weight excluding hydrogens is 324 g/mol. The van der Waals surface area contributed by atoms with E-state index in [2.05, 4.69) is 25.5 Å². The maximum absolute atomic E-state index is 6.36. The lowest BCUT2D eigenvalue weighted by molar-refractivity contribution is 0.410. The second-order valence-electron chi connectivity index (χ2n) is 7.06. The van der Waals surface area contributed by atoms with Gasteiger partial charge in [-0.15, -0.1) is 0 Å². The summed E-state index contributed by atoms with van der Waals surface area (Å²) >= 11 is 6.36. The Bertz CT molecular complexity index is 703. The first kappa shape index (κ1) is 15.8. The summed E-state index contributed by atoms with van der Waals surface area (Å²) in [4.78, 5) is 9.00. The maximum Gasteiger partial charge on any atom is 0.223 e. The van der Waals surface area contributed by atoms with Gasteiger partial charge in [0.2, 0.25) is 5.95 Å². The first-order chi connectivity index (χ1) is 11.7. The van der Waals surface area contributed by atoms with Crippen LogP contribution in [0.2, 0.25) is 5.02 Å². The quantitative estimate of drug-likeness (QED) is 0.773. The Balaban J connectivity index is 1.54. The number of nitrogens with one attached hydrogen (secondary N) is 2. The van der Waals surface area contributed by atoms with Gasteiger partial charge < -0.3 is 11.1 Å². The number of nitrogens with two attached hydrogens (primary N) is 1. The molecule has 2 heterocycles. The highest BCUT2D eigenvalue weighted by atomic mass is 35.5. The minimum absolute atomic E-state index is 0.333. The lowest BCUT2D eigenvalue weighted by Gasteiger charge is -2.26. The smallest absolute Gasteiger partial charge is 0.223 e. The molecule has 24 heavy (non-hydrogen) atoms. The summed E-state index contributed by atoms with van der Waals surface area (Å²) in [5, 5.41) is 11.2. The fraction of sp³-hybridized carbons (Fsp3) is 0.588. The summed E-state index contributed by atoms with van der Waals surface area (Å²) in [5.41, 5.74) is 8.81. The molecule has 2 aromatic heterocycles. The molecule has 0 aromatic carbocycles. The van der Waals surface area contributed by atoms with Crippen LogP contribution in [0.1, 0.15) is 44.1 Å². The summed E-state index contributed by atoms with van der Waals surface area (Å²) in [6.07, 6.45) is 11.4. The maximum atomic E-state index is 6.36. The highest BCUT2D eigenvalue weighted by Crippen LogP contribution is 2.36. The van der Waals surface area contributed by atoms with Gasteiger partial charge in [0.05, 0.1) is 23.1 Å². The number of aromatic nitrogens is 4. The fourth-order valence-corrected chi connectivity index (χ4v) is 3.55. The van der Waals surface area contributed by atoms with Crippen molar-refractivity contribution in [3.8, 4) is 11.4 Å². The lowest BCUT2D eigenvalue weighted by Crippen LogP contribution is -2.33. The molecule has 2 aliphatic rings. The number of nitrogens with zero attached hydrogens (tertiary/aromatic N) is 3. The predicted octanol–water partition coefficient (Wildman–Crippen LogP) is 3.15. The summed E-state index contributed by atoms with van der Waals surface area (Å²) in [6.45, 7) is 0. The van der Waals surface area contributed by atoms with Crippen LogP contribution in [-0.4, -0.2) is 32.2 Å². The zero-order valence-corrected chi connectivity index (χ0v) is 14.4. The van der Waals surface area contributed by atoms with Gasteiger partial charge in [0.25, 0.3) is 0 Å². The van der Waals surface area contributed by atoms with Gasteiger partial charge in [-0.2, -0.15) is 5.10 Å². The van der Waals surface area contributed by atoms with Crippen LogP contribution in [0.15, 0.2) is 12.4 Å². The van der Waals surface area contributed by atoms with Crippen LogP contribution in [0.4, 0.5) is 5.95 Å². The molecule has 4 rings (SSSR count). The standard InChI is InChI=1S/C17H23ClN6/c18-14-9-20-17(22-13-5-3-12(19)4-6-13)23-16(14)15-11(8-21-24-15)7-10-1-2-10/h8-10,12-13H,1-7,19H2,(H,21,24)(H,20,22,23)/t12-,13-. The summed E-state index contributed by atoms with van der Waals surface area (Å²) < 4.78 is 0. The van der Waals surface area contributed by atoms with E-state index in [9.17, 15) is 0 Å². The van der Waals surface area contributed by atoms with Crippen LogP contribution in [0.5, 0.6) is 0 Å². The van der Waals surface area contributed by atoms with Gasteiger partial charge in [0.15, 0.2) is 0 Å². The zero-order valence-electron chi connectivity index (χ0n) is 13.6. The molecule has 0 aliphatic heterocycles. The minimum atomic E-state index is 0.333. The highest BCUT2D eigenvalue weighted by molar-refractivity contribution is 6.32. The Morgan fingerprint density at radius 3 is 2.71 bits per heavy atom. The minimum Gasteiger partial charge on any atom is -0.351 e. The topological polar surface area (TPSA) is 92.5 Å². The van der Waals surface area contributed by atoms with E-state index in [0.717, 1.165) is 49.4 Å². The first-order valence-corrected chi connectivity index (χ1v) is 9.14. The van der Waals surface area contributed by atoms with Crippen molar-refractivity contribution in [2.45, 2.75) is 57.0 Å². The number of rotatable bonds is 5. The largest absolute Gasteiger partial charge is 0.351 e.